The van der Waals surface area contributed by atoms with Gasteiger partial charge in [-0.3, -0.25) is 0 Å². The van der Waals surface area contributed by atoms with E-state index in [1.807, 2.05) is 0 Å². The molecule has 0 spiro atoms. The summed E-state index contributed by atoms with van der Waals surface area (Å²) in [4.78, 5) is 2.51. The third kappa shape index (κ3) is 3.93. The molecule has 0 aliphatic carbocycles. The molecule has 0 amide bonds. The van der Waals surface area contributed by atoms with Crippen LogP contribution in [0.3, 0.4) is 0 Å². The van der Waals surface area contributed by atoms with Gasteiger partial charge in [0.2, 0.25) is 6.71 Å². The first-order valence-corrected chi connectivity index (χ1v) is 17.1. The molecule has 0 radical (unpaired) electrons. The van der Waals surface area contributed by atoms with Crippen molar-refractivity contribution in [2.24, 2.45) is 0 Å². The predicted octanol–water partition coefficient (Wildman–Crippen LogP) is 10.4. The lowest BCUT2D eigenvalue weighted by molar-refractivity contribution is 0.590. The Kier molecular flexibility index (Phi) is 5.71. The SMILES string of the molecule is CC(C)(C)c1ccc(-c2ccc3c4c(cccc24)B2c4cc5ccccc5cc4N(c4ccc5ccccc5c4)c4cccc-3c42)cc1. The van der Waals surface area contributed by atoms with Crippen LogP contribution >= 0.6 is 0 Å². The number of nitrogens with zero attached hydrogens (tertiary/aromatic N) is 1. The van der Waals surface area contributed by atoms with Crippen LogP contribution in [0.5, 0.6) is 0 Å². The van der Waals surface area contributed by atoms with Gasteiger partial charge in [0.1, 0.15) is 0 Å². The van der Waals surface area contributed by atoms with Crippen molar-refractivity contribution in [1.82, 2.24) is 0 Å². The second-order valence-corrected chi connectivity index (χ2v) is 14.6. The quantitative estimate of drug-likeness (QED) is 0.176. The molecule has 0 saturated heterocycles. The van der Waals surface area contributed by atoms with Crippen LogP contribution in [0.4, 0.5) is 17.1 Å². The van der Waals surface area contributed by atoms with Gasteiger partial charge in [0.15, 0.2) is 0 Å². The van der Waals surface area contributed by atoms with E-state index in [0.717, 1.165) is 0 Å². The van der Waals surface area contributed by atoms with Gasteiger partial charge in [0.05, 0.1) is 0 Å². The minimum atomic E-state index is 0.124. The Bertz CT molecular complexity index is 2610. The third-order valence-corrected chi connectivity index (χ3v) is 10.8. The largest absolute Gasteiger partial charge is 0.311 e. The van der Waals surface area contributed by atoms with Gasteiger partial charge in [0, 0.05) is 17.1 Å². The molecule has 48 heavy (non-hydrogen) atoms. The maximum absolute atomic E-state index is 2.51. The van der Waals surface area contributed by atoms with Crippen molar-refractivity contribution in [3.05, 3.63) is 157 Å². The van der Waals surface area contributed by atoms with E-state index < -0.39 is 0 Å². The van der Waals surface area contributed by atoms with Crippen LogP contribution in [0.2, 0.25) is 0 Å². The lowest BCUT2D eigenvalue weighted by Crippen LogP contribution is -2.59. The van der Waals surface area contributed by atoms with Crippen LogP contribution in [0.15, 0.2) is 152 Å². The van der Waals surface area contributed by atoms with E-state index in [9.17, 15) is 0 Å². The van der Waals surface area contributed by atoms with Gasteiger partial charge in [0.25, 0.3) is 0 Å². The Morgan fingerprint density at radius 1 is 0.479 bits per heavy atom. The highest BCUT2D eigenvalue weighted by atomic mass is 15.1. The molecule has 2 aliphatic heterocycles. The first-order chi connectivity index (χ1) is 23.4. The fourth-order valence-corrected chi connectivity index (χ4v) is 8.46. The van der Waals surface area contributed by atoms with Crippen molar-refractivity contribution in [1.29, 1.82) is 0 Å². The highest BCUT2D eigenvalue weighted by Gasteiger charge is 2.41. The molecule has 0 aromatic heterocycles. The molecule has 2 heteroatoms. The summed E-state index contributed by atoms with van der Waals surface area (Å²) in [5, 5.41) is 7.75. The molecule has 1 nitrogen and oxygen atoms in total. The summed E-state index contributed by atoms with van der Waals surface area (Å²) in [6.07, 6.45) is 0. The van der Waals surface area contributed by atoms with Crippen molar-refractivity contribution in [2.45, 2.75) is 26.2 Å². The van der Waals surface area contributed by atoms with Gasteiger partial charge in [-0.15, -0.1) is 0 Å². The first-order valence-electron chi connectivity index (χ1n) is 17.1. The van der Waals surface area contributed by atoms with E-state index >= 15 is 0 Å². The lowest BCUT2D eigenvalue weighted by Gasteiger charge is -2.40. The van der Waals surface area contributed by atoms with Crippen molar-refractivity contribution < 1.29 is 0 Å². The summed E-state index contributed by atoms with van der Waals surface area (Å²) in [5.74, 6) is 0. The molecule has 0 bridgehead atoms. The molecule has 0 saturated carbocycles. The van der Waals surface area contributed by atoms with Gasteiger partial charge in [-0.1, -0.05) is 154 Å². The molecule has 10 rings (SSSR count). The zero-order valence-corrected chi connectivity index (χ0v) is 27.5. The summed E-state index contributed by atoms with van der Waals surface area (Å²) in [6.45, 7) is 6.97. The van der Waals surface area contributed by atoms with Crippen molar-refractivity contribution >= 4 is 72.5 Å². The third-order valence-electron chi connectivity index (χ3n) is 10.8. The van der Waals surface area contributed by atoms with Gasteiger partial charge in [-0.05, 0) is 101 Å². The fourth-order valence-electron chi connectivity index (χ4n) is 8.46. The highest BCUT2D eigenvalue weighted by molar-refractivity contribution is 7.01. The van der Waals surface area contributed by atoms with Crippen LogP contribution in [-0.2, 0) is 5.41 Å². The van der Waals surface area contributed by atoms with E-state index in [2.05, 4.69) is 177 Å². The summed E-state index contributed by atoms with van der Waals surface area (Å²) < 4.78 is 0. The molecule has 0 fully saturated rings. The van der Waals surface area contributed by atoms with E-state index in [1.165, 1.54) is 93.6 Å². The Morgan fingerprint density at radius 2 is 1.17 bits per heavy atom. The minimum Gasteiger partial charge on any atom is -0.311 e. The van der Waals surface area contributed by atoms with Crippen molar-refractivity contribution in [2.75, 3.05) is 4.90 Å². The van der Waals surface area contributed by atoms with E-state index in [0.29, 0.717) is 0 Å². The van der Waals surface area contributed by atoms with Crippen LogP contribution in [0, 0.1) is 0 Å². The Morgan fingerprint density at radius 3 is 1.94 bits per heavy atom. The number of hydrogen-bond acceptors (Lipinski definition) is 1. The Labute approximate surface area is 282 Å². The summed E-state index contributed by atoms with van der Waals surface area (Å²) in [7, 11) is 0. The Balaban J connectivity index is 1.26. The molecular weight excluding hydrogens is 577 g/mol. The molecule has 8 aromatic rings. The van der Waals surface area contributed by atoms with E-state index in [1.54, 1.807) is 0 Å². The molecule has 0 N–H and O–H groups in total. The van der Waals surface area contributed by atoms with Crippen LogP contribution < -0.4 is 21.3 Å². The normalized spacial score (nSPS) is 13.2. The van der Waals surface area contributed by atoms with Gasteiger partial charge in [-0.25, -0.2) is 0 Å². The number of rotatable bonds is 2. The van der Waals surface area contributed by atoms with Crippen molar-refractivity contribution in [3.63, 3.8) is 0 Å². The van der Waals surface area contributed by atoms with Gasteiger partial charge < -0.3 is 4.90 Å². The number of benzene rings is 8. The topological polar surface area (TPSA) is 3.24 Å². The second-order valence-electron chi connectivity index (χ2n) is 14.6. The van der Waals surface area contributed by atoms with Crippen molar-refractivity contribution in [3.8, 4) is 22.3 Å². The molecule has 2 heterocycles. The number of fused-ring (bicyclic) bond motifs is 6. The number of hydrogen-bond donors (Lipinski definition) is 0. The summed E-state index contributed by atoms with van der Waals surface area (Å²) in [5.41, 5.74) is 14.6. The molecule has 0 unspecified atom stereocenters. The highest BCUT2D eigenvalue weighted by Crippen LogP contribution is 2.44. The first kappa shape index (κ1) is 27.5. The molecular formula is C46H34BN. The smallest absolute Gasteiger partial charge is 0.248 e. The molecule has 0 atom stereocenters. The Hall–Kier alpha value is -5.60. The maximum Gasteiger partial charge on any atom is 0.248 e. The molecule has 8 aromatic carbocycles. The zero-order valence-electron chi connectivity index (χ0n) is 27.5. The van der Waals surface area contributed by atoms with Crippen LogP contribution in [-0.4, -0.2) is 6.71 Å². The monoisotopic (exact) mass is 611 g/mol. The second kappa shape index (κ2) is 9.95. The minimum absolute atomic E-state index is 0.124. The van der Waals surface area contributed by atoms with Gasteiger partial charge >= 0.3 is 0 Å². The average molecular weight is 612 g/mol. The zero-order chi connectivity index (χ0) is 32.1. The van der Waals surface area contributed by atoms with Crippen LogP contribution in [0.25, 0.3) is 54.6 Å². The van der Waals surface area contributed by atoms with Gasteiger partial charge in [-0.2, -0.15) is 0 Å². The number of anilines is 3. The fraction of sp³-hybridized carbons (Fsp3) is 0.0870. The standard InChI is InChI=1S/C46H34BN/c1-46(2,3)34-21-18-30(19-22-34)36-24-25-38-39-15-9-17-42-45(39)47(40-16-8-14-37(36)44(38)40)41-27-32-12-6-7-13-33(32)28-43(41)48(42)35-23-20-29-10-4-5-11-31(29)26-35/h4-28H,1-3H3. The maximum atomic E-state index is 2.51. The summed E-state index contributed by atoms with van der Waals surface area (Å²) >= 11 is 0. The van der Waals surface area contributed by atoms with E-state index in [4.69, 9.17) is 0 Å². The molecule has 226 valence electrons. The van der Waals surface area contributed by atoms with Crippen LogP contribution in [0.1, 0.15) is 26.3 Å². The molecule has 2 aliphatic rings. The lowest BCUT2D eigenvalue weighted by atomic mass is 9.32. The summed E-state index contributed by atoms with van der Waals surface area (Å²) in [6, 6.07) is 57.1. The van der Waals surface area contributed by atoms with E-state index in [-0.39, 0.29) is 12.1 Å². The average Bonchev–Trinajstić information content (AvgIpc) is 3.11. The predicted molar refractivity (Wildman–Crippen MR) is 208 cm³/mol.